The molecule has 0 aliphatic carbocycles. The van der Waals surface area contributed by atoms with Gasteiger partial charge in [0.25, 0.3) is 0 Å². The van der Waals surface area contributed by atoms with Gasteiger partial charge in [0.05, 0.1) is 18.8 Å². The number of hydrogen-bond acceptors (Lipinski definition) is 6. The van der Waals surface area contributed by atoms with Gasteiger partial charge in [-0.1, -0.05) is 0 Å². The summed E-state index contributed by atoms with van der Waals surface area (Å²) >= 11 is 6.13. The first-order valence-corrected chi connectivity index (χ1v) is 7.66. The summed E-state index contributed by atoms with van der Waals surface area (Å²) in [6.07, 6.45) is 0. The zero-order valence-electron chi connectivity index (χ0n) is 11.1. The fraction of sp³-hybridized carbons (Fsp3) is 0.750. The van der Waals surface area contributed by atoms with Gasteiger partial charge in [-0.3, -0.25) is 4.90 Å². The lowest BCUT2D eigenvalue weighted by Crippen LogP contribution is -2.43. The van der Waals surface area contributed by atoms with Gasteiger partial charge < -0.3 is 9.64 Å². The van der Waals surface area contributed by atoms with Crippen LogP contribution in [0.3, 0.4) is 0 Å². The SMILES string of the molecule is COCc1nc(CN2CCN(C)CC2)sc1CS. The predicted octanol–water partition coefficient (Wildman–Crippen LogP) is 1.47. The molecule has 0 radical (unpaired) electrons. The topological polar surface area (TPSA) is 28.6 Å². The Morgan fingerprint density at radius 3 is 2.67 bits per heavy atom. The van der Waals surface area contributed by atoms with E-state index in [9.17, 15) is 0 Å². The Kier molecular flexibility index (Phi) is 5.44. The number of hydrogen-bond donors (Lipinski definition) is 1. The Labute approximate surface area is 118 Å². The summed E-state index contributed by atoms with van der Waals surface area (Å²) in [7, 11) is 3.89. The Hall–Kier alpha value is -0.140. The smallest absolute Gasteiger partial charge is 0.107 e. The molecule has 0 bridgehead atoms. The molecule has 1 aliphatic rings. The first-order valence-electron chi connectivity index (χ1n) is 6.21. The van der Waals surface area contributed by atoms with Crippen LogP contribution >= 0.6 is 24.0 Å². The summed E-state index contributed by atoms with van der Waals surface area (Å²) in [5.41, 5.74) is 1.06. The Morgan fingerprint density at radius 1 is 1.33 bits per heavy atom. The van der Waals surface area contributed by atoms with Crippen molar-refractivity contribution in [2.24, 2.45) is 0 Å². The zero-order valence-corrected chi connectivity index (χ0v) is 12.8. The van der Waals surface area contributed by atoms with Gasteiger partial charge >= 0.3 is 0 Å². The van der Waals surface area contributed by atoms with E-state index in [2.05, 4.69) is 34.5 Å². The maximum atomic E-state index is 5.18. The van der Waals surface area contributed by atoms with Crippen molar-refractivity contribution in [3.05, 3.63) is 15.6 Å². The Bertz CT molecular complexity index is 375. The molecule has 102 valence electrons. The van der Waals surface area contributed by atoms with E-state index in [-0.39, 0.29) is 0 Å². The first kappa shape index (κ1) is 14.3. The van der Waals surface area contributed by atoms with Gasteiger partial charge in [0.1, 0.15) is 5.01 Å². The molecule has 0 aromatic carbocycles. The molecule has 0 N–H and O–H groups in total. The number of rotatable bonds is 5. The van der Waals surface area contributed by atoms with Gasteiger partial charge in [0.2, 0.25) is 0 Å². The number of nitrogens with zero attached hydrogens (tertiary/aromatic N) is 3. The number of thiol groups is 1. The van der Waals surface area contributed by atoms with Crippen molar-refractivity contribution >= 4 is 24.0 Å². The minimum atomic E-state index is 0.592. The van der Waals surface area contributed by atoms with Crippen LogP contribution in [0.5, 0.6) is 0 Å². The molecule has 1 fully saturated rings. The molecule has 4 nitrogen and oxygen atoms in total. The minimum Gasteiger partial charge on any atom is -0.378 e. The third-order valence-corrected chi connectivity index (χ3v) is 4.81. The van der Waals surface area contributed by atoms with Gasteiger partial charge in [0, 0.05) is 43.9 Å². The molecule has 2 rings (SSSR count). The number of methoxy groups -OCH3 is 1. The second-order valence-electron chi connectivity index (χ2n) is 4.65. The van der Waals surface area contributed by atoms with Gasteiger partial charge in [-0.15, -0.1) is 11.3 Å². The molecule has 0 atom stereocenters. The molecule has 6 heteroatoms. The highest BCUT2D eigenvalue weighted by Crippen LogP contribution is 2.22. The summed E-state index contributed by atoms with van der Waals surface area (Å²) in [4.78, 5) is 10.8. The number of thiazole rings is 1. The van der Waals surface area contributed by atoms with Gasteiger partial charge in [-0.05, 0) is 7.05 Å². The maximum absolute atomic E-state index is 5.18. The summed E-state index contributed by atoms with van der Waals surface area (Å²) in [6.45, 7) is 6.11. The van der Waals surface area contributed by atoms with Crippen molar-refractivity contribution in [2.45, 2.75) is 18.9 Å². The summed E-state index contributed by atoms with van der Waals surface area (Å²) in [5.74, 6) is 0.749. The van der Waals surface area contributed by atoms with Crippen LogP contribution in [0, 0.1) is 0 Å². The van der Waals surface area contributed by atoms with E-state index in [0.29, 0.717) is 6.61 Å². The van der Waals surface area contributed by atoms with Crippen LogP contribution in [0.1, 0.15) is 15.6 Å². The summed E-state index contributed by atoms with van der Waals surface area (Å²) in [5, 5.41) is 1.19. The molecule has 0 spiro atoms. The van der Waals surface area contributed by atoms with Gasteiger partial charge in [-0.25, -0.2) is 4.98 Å². The number of piperazine rings is 1. The molecular formula is C12H21N3OS2. The van der Waals surface area contributed by atoms with Crippen LogP contribution in [0.25, 0.3) is 0 Å². The Balaban J connectivity index is 1.96. The van der Waals surface area contributed by atoms with Crippen molar-refractivity contribution in [1.82, 2.24) is 14.8 Å². The largest absolute Gasteiger partial charge is 0.378 e. The number of likely N-dealkylation sites (N-methyl/N-ethyl adjacent to an activating group) is 1. The predicted molar refractivity (Wildman–Crippen MR) is 78.3 cm³/mol. The molecule has 1 saturated heterocycles. The minimum absolute atomic E-state index is 0.592. The van der Waals surface area contributed by atoms with Crippen LogP contribution in [0.15, 0.2) is 0 Å². The van der Waals surface area contributed by atoms with E-state index in [1.807, 2.05) is 0 Å². The lowest BCUT2D eigenvalue weighted by atomic mass is 10.3. The molecule has 0 amide bonds. The van der Waals surface area contributed by atoms with Crippen molar-refractivity contribution in [3.63, 3.8) is 0 Å². The fourth-order valence-corrected chi connectivity index (χ4v) is 3.43. The third kappa shape index (κ3) is 3.68. The first-order chi connectivity index (χ1) is 8.72. The average Bonchev–Trinajstić information content (AvgIpc) is 2.75. The van der Waals surface area contributed by atoms with E-state index in [1.165, 1.54) is 9.88 Å². The standard InChI is InChI=1S/C12H21N3OS2/c1-14-3-5-15(6-4-14)7-12-13-10(8-16-2)11(9-17)18-12/h17H,3-9H2,1-2H3. The van der Waals surface area contributed by atoms with E-state index >= 15 is 0 Å². The quantitative estimate of drug-likeness (QED) is 0.830. The highest BCUT2D eigenvalue weighted by atomic mass is 32.1. The third-order valence-electron chi connectivity index (χ3n) is 3.20. The van der Waals surface area contributed by atoms with Crippen LogP contribution in [-0.4, -0.2) is 55.1 Å². The van der Waals surface area contributed by atoms with Crippen LogP contribution in [0.2, 0.25) is 0 Å². The fourth-order valence-electron chi connectivity index (χ4n) is 2.07. The lowest BCUT2D eigenvalue weighted by Gasteiger charge is -2.31. The lowest BCUT2D eigenvalue weighted by molar-refractivity contribution is 0.147. The summed E-state index contributed by atoms with van der Waals surface area (Å²) in [6, 6.07) is 0. The van der Waals surface area contributed by atoms with E-state index in [4.69, 9.17) is 4.74 Å². The number of ether oxygens (including phenoxy) is 1. The molecule has 1 aromatic heterocycles. The maximum Gasteiger partial charge on any atom is 0.107 e. The van der Waals surface area contributed by atoms with Crippen LogP contribution in [-0.2, 0) is 23.6 Å². The van der Waals surface area contributed by atoms with Crippen molar-refractivity contribution in [3.8, 4) is 0 Å². The second kappa shape index (κ2) is 6.86. The van der Waals surface area contributed by atoms with Crippen LogP contribution < -0.4 is 0 Å². The van der Waals surface area contributed by atoms with E-state index in [0.717, 1.165) is 44.2 Å². The average molecular weight is 287 g/mol. The Morgan fingerprint density at radius 2 is 2.06 bits per heavy atom. The molecule has 1 aliphatic heterocycles. The highest BCUT2D eigenvalue weighted by molar-refractivity contribution is 7.79. The van der Waals surface area contributed by atoms with E-state index < -0.39 is 0 Å². The highest BCUT2D eigenvalue weighted by Gasteiger charge is 2.17. The molecule has 0 saturated carbocycles. The monoisotopic (exact) mass is 287 g/mol. The van der Waals surface area contributed by atoms with Crippen molar-refractivity contribution < 1.29 is 4.74 Å². The zero-order chi connectivity index (χ0) is 13.0. The second-order valence-corrected chi connectivity index (χ2v) is 6.13. The molecule has 18 heavy (non-hydrogen) atoms. The van der Waals surface area contributed by atoms with Crippen LogP contribution in [0.4, 0.5) is 0 Å². The van der Waals surface area contributed by atoms with Crippen molar-refractivity contribution in [1.29, 1.82) is 0 Å². The normalized spacial score (nSPS) is 18.4. The molecular weight excluding hydrogens is 266 g/mol. The van der Waals surface area contributed by atoms with Crippen molar-refractivity contribution in [2.75, 3.05) is 40.3 Å². The van der Waals surface area contributed by atoms with Gasteiger partial charge in [0.15, 0.2) is 0 Å². The molecule has 1 aromatic rings. The molecule has 2 heterocycles. The van der Waals surface area contributed by atoms with Gasteiger partial charge in [-0.2, -0.15) is 12.6 Å². The summed E-state index contributed by atoms with van der Waals surface area (Å²) < 4.78 is 5.18. The van der Waals surface area contributed by atoms with E-state index in [1.54, 1.807) is 18.4 Å². The number of aromatic nitrogens is 1. The molecule has 0 unspecified atom stereocenters.